The van der Waals surface area contributed by atoms with Crippen molar-refractivity contribution < 1.29 is 19.4 Å². The fourth-order valence-electron chi connectivity index (χ4n) is 4.76. The van der Waals surface area contributed by atoms with Crippen molar-refractivity contribution >= 4 is 5.97 Å². The fourth-order valence-corrected chi connectivity index (χ4v) is 4.76. The van der Waals surface area contributed by atoms with E-state index < -0.39 is 12.0 Å². The number of nitrogens with zero attached hydrogens (tertiary/aromatic N) is 1. The van der Waals surface area contributed by atoms with Gasteiger partial charge in [-0.2, -0.15) is 0 Å². The summed E-state index contributed by atoms with van der Waals surface area (Å²) in [4.78, 5) is 14.3. The molecule has 1 heterocycles. The molecule has 178 valence electrons. The number of benzene rings is 3. The van der Waals surface area contributed by atoms with E-state index in [0.29, 0.717) is 31.1 Å². The topological polar surface area (TPSA) is 59.0 Å². The van der Waals surface area contributed by atoms with Gasteiger partial charge in [-0.05, 0) is 62.1 Å². The van der Waals surface area contributed by atoms with Crippen LogP contribution in [0.15, 0.2) is 72.8 Å². The van der Waals surface area contributed by atoms with Crippen LogP contribution in [-0.4, -0.2) is 35.2 Å². The van der Waals surface area contributed by atoms with Gasteiger partial charge in [0.15, 0.2) is 11.5 Å². The van der Waals surface area contributed by atoms with E-state index in [0.717, 1.165) is 41.6 Å². The average Bonchev–Trinajstić information content (AvgIpc) is 2.85. The second-order valence-electron chi connectivity index (χ2n) is 8.82. The molecule has 2 atom stereocenters. The molecule has 0 spiro atoms. The average molecular weight is 460 g/mol. The van der Waals surface area contributed by atoms with Gasteiger partial charge in [0.2, 0.25) is 0 Å². The van der Waals surface area contributed by atoms with Gasteiger partial charge in [0.25, 0.3) is 0 Å². The summed E-state index contributed by atoms with van der Waals surface area (Å²) in [7, 11) is 0. The smallest absolute Gasteiger partial charge is 0.320 e. The molecule has 2 unspecified atom stereocenters. The Kier molecular flexibility index (Phi) is 7.86. The molecule has 4 rings (SSSR count). The van der Waals surface area contributed by atoms with Gasteiger partial charge >= 0.3 is 5.97 Å². The standard InChI is InChI=1S/C29H33NO4/c1-3-33-27-19-24(15-16-26(27)34-20-22-11-5-4-6-12-22)28(23-13-9-10-21(2)18-23)30-17-8-7-14-25(30)29(31)32/h4-6,9-13,15-16,18-19,25,28H,3,7-8,14,17,20H2,1-2H3,(H,31,32). The highest BCUT2D eigenvalue weighted by atomic mass is 16.5. The van der Waals surface area contributed by atoms with E-state index in [2.05, 4.69) is 30.0 Å². The lowest BCUT2D eigenvalue weighted by atomic mass is 9.91. The van der Waals surface area contributed by atoms with Gasteiger partial charge in [-0.15, -0.1) is 0 Å². The molecule has 34 heavy (non-hydrogen) atoms. The van der Waals surface area contributed by atoms with E-state index >= 15 is 0 Å². The molecule has 1 saturated heterocycles. The number of piperidine rings is 1. The van der Waals surface area contributed by atoms with Gasteiger partial charge in [0, 0.05) is 0 Å². The lowest BCUT2D eigenvalue weighted by molar-refractivity contribution is -0.145. The van der Waals surface area contributed by atoms with Gasteiger partial charge in [-0.25, -0.2) is 0 Å². The Balaban J connectivity index is 1.71. The Morgan fingerprint density at radius 2 is 1.76 bits per heavy atom. The summed E-state index contributed by atoms with van der Waals surface area (Å²) < 4.78 is 12.1. The lowest BCUT2D eigenvalue weighted by Gasteiger charge is -2.40. The molecular weight excluding hydrogens is 426 g/mol. The number of hydrogen-bond acceptors (Lipinski definition) is 4. The first-order valence-corrected chi connectivity index (χ1v) is 12.1. The van der Waals surface area contributed by atoms with E-state index in [9.17, 15) is 9.90 Å². The second kappa shape index (κ2) is 11.2. The van der Waals surface area contributed by atoms with Gasteiger partial charge in [-0.3, -0.25) is 9.69 Å². The Bertz CT molecular complexity index is 1100. The number of carboxylic acid groups (broad SMARTS) is 1. The molecule has 0 amide bonds. The number of carboxylic acids is 1. The van der Waals surface area contributed by atoms with Crippen LogP contribution in [-0.2, 0) is 11.4 Å². The molecule has 0 radical (unpaired) electrons. The van der Waals surface area contributed by atoms with Crippen molar-refractivity contribution in [3.63, 3.8) is 0 Å². The lowest BCUT2D eigenvalue weighted by Crippen LogP contribution is -2.46. The van der Waals surface area contributed by atoms with Gasteiger partial charge in [-0.1, -0.05) is 72.6 Å². The molecular formula is C29H33NO4. The third-order valence-electron chi connectivity index (χ3n) is 6.34. The highest BCUT2D eigenvalue weighted by molar-refractivity contribution is 5.73. The molecule has 0 bridgehead atoms. The molecule has 3 aromatic rings. The van der Waals surface area contributed by atoms with Crippen molar-refractivity contribution in [2.75, 3.05) is 13.2 Å². The predicted octanol–water partition coefficient (Wildman–Crippen LogP) is 6.00. The number of aryl methyl sites for hydroxylation is 1. The minimum absolute atomic E-state index is 0.177. The third kappa shape index (κ3) is 5.60. The van der Waals surface area contributed by atoms with Crippen LogP contribution in [0, 0.1) is 6.92 Å². The molecule has 1 aliphatic heterocycles. The monoisotopic (exact) mass is 459 g/mol. The third-order valence-corrected chi connectivity index (χ3v) is 6.34. The van der Waals surface area contributed by atoms with Crippen LogP contribution in [0.3, 0.4) is 0 Å². The van der Waals surface area contributed by atoms with Crippen molar-refractivity contribution in [2.24, 2.45) is 0 Å². The maximum absolute atomic E-state index is 12.2. The Morgan fingerprint density at radius 1 is 0.971 bits per heavy atom. The zero-order chi connectivity index (χ0) is 23.9. The maximum Gasteiger partial charge on any atom is 0.320 e. The molecule has 1 fully saturated rings. The first-order chi connectivity index (χ1) is 16.6. The zero-order valence-electron chi connectivity index (χ0n) is 19.9. The number of carbonyl (C=O) groups is 1. The first-order valence-electron chi connectivity index (χ1n) is 12.1. The molecule has 0 aromatic heterocycles. The number of likely N-dealkylation sites (tertiary alicyclic amines) is 1. The van der Waals surface area contributed by atoms with Crippen LogP contribution in [0.25, 0.3) is 0 Å². The summed E-state index contributed by atoms with van der Waals surface area (Å²) in [5.41, 5.74) is 4.34. The number of aliphatic carboxylic acids is 1. The SMILES string of the molecule is CCOc1cc(C(c2cccc(C)c2)N2CCCCC2C(=O)O)ccc1OCc1ccccc1. The Labute approximate surface area is 201 Å². The van der Waals surface area contributed by atoms with Crippen molar-refractivity contribution in [3.05, 3.63) is 95.1 Å². The Morgan fingerprint density at radius 3 is 2.50 bits per heavy atom. The molecule has 1 aliphatic rings. The molecule has 5 heteroatoms. The molecule has 1 N–H and O–H groups in total. The molecule has 0 saturated carbocycles. The highest BCUT2D eigenvalue weighted by Crippen LogP contribution is 2.38. The van der Waals surface area contributed by atoms with E-state index in [1.165, 1.54) is 0 Å². The summed E-state index contributed by atoms with van der Waals surface area (Å²) in [6.07, 6.45) is 2.58. The van der Waals surface area contributed by atoms with E-state index in [4.69, 9.17) is 9.47 Å². The van der Waals surface area contributed by atoms with Crippen LogP contribution in [0.2, 0.25) is 0 Å². The van der Waals surface area contributed by atoms with Crippen LogP contribution < -0.4 is 9.47 Å². The highest BCUT2D eigenvalue weighted by Gasteiger charge is 2.35. The predicted molar refractivity (Wildman–Crippen MR) is 133 cm³/mol. The normalized spacial score (nSPS) is 17.2. The van der Waals surface area contributed by atoms with Gasteiger partial charge < -0.3 is 14.6 Å². The summed E-state index contributed by atoms with van der Waals surface area (Å²) in [6, 6.07) is 23.7. The van der Waals surface area contributed by atoms with Crippen LogP contribution in [0.5, 0.6) is 11.5 Å². The fraction of sp³-hybridized carbons (Fsp3) is 0.345. The van der Waals surface area contributed by atoms with E-state index in [1.54, 1.807) is 0 Å². The maximum atomic E-state index is 12.2. The summed E-state index contributed by atoms with van der Waals surface area (Å²) >= 11 is 0. The summed E-state index contributed by atoms with van der Waals surface area (Å²) in [5, 5.41) is 9.98. The van der Waals surface area contributed by atoms with Crippen LogP contribution in [0.1, 0.15) is 54.5 Å². The van der Waals surface area contributed by atoms with Crippen LogP contribution in [0.4, 0.5) is 0 Å². The quantitative estimate of drug-likeness (QED) is 0.425. The minimum Gasteiger partial charge on any atom is -0.490 e. The largest absolute Gasteiger partial charge is 0.490 e. The van der Waals surface area contributed by atoms with E-state index in [1.807, 2.05) is 61.5 Å². The minimum atomic E-state index is -0.759. The molecule has 0 aliphatic carbocycles. The van der Waals surface area contributed by atoms with E-state index in [-0.39, 0.29) is 6.04 Å². The first kappa shape index (κ1) is 23.8. The summed E-state index contributed by atoms with van der Waals surface area (Å²) in [5.74, 6) is 0.605. The zero-order valence-corrected chi connectivity index (χ0v) is 19.9. The van der Waals surface area contributed by atoms with Crippen molar-refractivity contribution in [2.45, 2.75) is 51.8 Å². The van der Waals surface area contributed by atoms with Gasteiger partial charge in [0.05, 0.1) is 12.6 Å². The molecule has 3 aromatic carbocycles. The Hall–Kier alpha value is -3.31. The van der Waals surface area contributed by atoms with Crippen LogP contribution >= 0.6 is 0 Å². The second-order valence-corrected chi connectivity index (χ2v) is 8.82. The summed E-state index contributed by atoms with van der Waals surface area (Å²) in [6.45, 7) is 5.73. The molecule has 5 nitrogen and oxygen atoms in total. The van der Waals surface area contributed by atoms with Gasteiger partial charge in [0.1, 0.15) is 12.6 Å². The number of rotatable bonds is 9. The van der Waals surface area contributed by atoms with Crippen molar-refractivity contribution in [3.8, 4) is 11.5 Å². The van der Waals surface area contributed by atoms with Crippen molar-refractivity contribution in [1.29, 1.82) is 0 Å². The number of ether oxygens (including phenoxy) is 2. The number of hydrogen-bond donors (Lipinski definition) is 1. The van der Waals surface area contributed by atoms with Crippen molar-refractivity contribution in [1.82, 2.24) is 4.90 Å².